The third kappa shape index (κ3) is 3.79. The van der Waals surface area contributed by atoms with Crippen molar-refractivity contribution in [2.45, 2.75) is 6.54 Å². The number of ether oxygens (including phenoxy) is 1. The third-order valence-electron chi connectivity index (χ3n) is 2.41. The van der Waals surface area contributed by atoms with Crippen LogP contribution in [-0.2, 0) is 11.3 Å². The molecule has 0 unspecified atom stereocenters. The van der Waals surface area contributed by atoms with Crippen molar-refractivity contribution in [1.29, 1.82) is 0 Å². The molecule has 1 N–H and O–H groups in total. The quantitative estimate of drug-likeness (QED) is 0.817. The number of rotatable bonds is 6. The Bertz CT molecular complexity index is 550. The van der Waals surface area contributed by atoms with Gasteiger partial charge < -0.3 is 10.1 Å². The lowest BCUT2D eigenvalue weighted by Gasteiger charge is -2.00. The minimum absolute atomic E-state index is 0.299. The first-order chi connectivity index (χ1) is 9.22. The normalized spacial score (nSPS) is 10.9. The average Bonchev–Trinajstić information content (AvgIpc) is 2.87. The molecule has 1 heterocycles. The molecule has 4 nitrogen and oxygen atoms in total. The summed E-state index contributed by atoms with van der Waals surface area (Å²) >= 11 is 4.68. The third-order valence-corrected chi connectivity index (χ3v) is 4.17. The molecule has 2 aromatic rings. The summed E-state index contributed by atoms with van der Waals surface area (Å²) in [7, 11) is 1.66. The van der Waals surface area contributed by atoms with E-state index in [-0.39, 0.29) is 5.82 Å². The molecule has 0 bridgehead atoms. The standard InChI is InChI=1S/C12H13BrFN3OS/c1-18-6-5-15-7-10-16-17-12(19-10)8-3-2-4-9(14)11(8)13/h2-4,15H,5-7H2,1H3. The highest BCUT2D eigenvalue weighted by molar-refractivity contribution is 9.10. The van der Waals surface area contributed by atoms with Crippen LogP contribution in [0.1, 0.15) is 5.01 Å². The molecule has 19 heavy (non-hydrogen) atoms. The van der Waals surface area contributed by atoms with Crippen LogP contribution in [0.3, 0.4) is 0 Å². The van der Waals surface area contributed by atoms with Crippen molar-refractivity contribution < 1.29 is 9.13 Å². The van der Waals surface area contributed by atoms with Crippen LogP contribution < -0.4 is 5.32 Å². The van der Waals surface area contributed by atoms with Crippen LogP contribution >= 0.6 is 27.3 Å². The SMILES string of the molecule is COCCNCc1nnc(-c2cccc(F)c2Br)s1. The fraction of sp³-hybridized carbons (Fsp3) is 0.333. The Labute approximate surface area is 123 Å². The van der Waals surface area contributed by atoms with Crippen LogP contribution in [0.5, 0.6) is 0 Å². The number of benzene rings is 1. The highest BCUT2D eigenvalue weighted by Crippen LogP contribution is 2.32. The van der Waals surface area contributed by atoms with Crippen molar-refractivity contribution in [3.63, 3.8) is 0 Å². The van der Waals surface area contributed by atoms with Crippen molar-refractivity contribution in [3.05, 3.63) is 33.5 Å². The highest BCUT2D eigenvalue weighted by Gasteiger charge is 2.12. The Morgan fingerprint density at radius 1 is 1.42 bits per heavy atom. The molecule has 0 aliphatic carbocycles. The van der Waals surface area contributed by atoms with E-state index in [4.69, 9.17) is 4.74 Å². The number of hydrogen-bond acceptors (Lipinski definition) is 5. The second kappa shape index (κ2) is 7.04. The van der Waals surface area contributed by atoms with Gasteiger partial charge in [-0.25, -0.2) is 4.39 Å². The molecule has 7 heteroatoms. The fourth-order valence-corrected chi connectivity index (χ4v) is 2.90. The molecule has 0 amide bonds. The smallest absolute Gasteiger partial charge is 0.149 e. The molecule has 1 aromatic carbocycles. The van der Waals surface area contributed by atoms with Crippen molar-refractivity contribution in [2.75, 3.05) is 20.3 Å². The maximum Gasteiger partial charge on any atom is 0.149 e. The predicted molar refractivity (Wildman–Crippen MR) is 76.6 cm³/mol. The van der Waals surface area contributed by atoms with Gasteiger partial charge in [-0.2, -0.15) is 0 Å². The summed E-state index contributed by atoms with van der Waals surface area (Å²) in [6.07, 6.45) is 0. The lowest BCUT2D eigenvalue weighted by atomic mass is 10.2. The second-order valence-electron chi connectivity index (χ2n) is 3.77. The lowest BCUT2D eigenvalue weighted by molar-refractivity contribution is 0.199. The molecule has 2 rings (SSSR count). The molecular formula is C12H13BrFN3OS. The van der Waals surface area contributed by atoms with E-state index in [9.17, 15) is 4.39 Å². The van der Waals surface area contributed by atoms with Crippen LogP contribution in [0.4, 0.5) is 4.39 Å². The van der Waals surface area contributed by atoms with E-state index in [1.807, 2.05) is 6.07 Å². The minimum Gasteiger partial charge on any atom is -0.383 e. The van der Waals surface area contributed by atoms with E-state index in [2.05, 4.69) is 31.4 Å². The summed E-state index contributed by atoms with van der Waals surface area (Å²) in [6.45, 7) is 2.05. The maximum absolute atomic E-state index is 13.4. The van der Waals surface area contributed by atoms with Gasteiger partial charge in [0.1, 0.15) is 15.8 Å². The van der Waals surface area contributed by atoms with Crippen LogP contribution in [-0.4, -0.2) is 30.5 Å². The van der Waals surface area contributed by atoms with Crippen molar-refractivity contribution >= 4 is 27.3 Å². The Hall–Kier alpha value is -0.890. The van der Waals surface area contributed by atoms with E-state index in [1.54, 1.807) is 13.2 Å². The first kappa shape index (κ1) is 14.5. The Balaban J connectivity index is 2.06. The predicted octanol–water partition coefficient (Wildman–Crippen LogP) is 2.84. The molecule has 0 aliphatic rings. The zero-order valence-electron chi connectivity index (χ0n) is 10.3. The molecule has 0 saturated carbocycles. The fourth-order valence-electron chi connectivity index (χ4n) is 1.47. The zero-order valence-corrected chi connectivity index (χ0v) is 12.7. The molecule has 0 aliphatic heterocycles. The van der Waals surface area contributed by atoms with Crippen LogP contribution in [0, 0.1) is 5.82 Å². The summed E-state index contributed by atoms with van der Waals surface area (Å²) in [5, 5.41) is 12.9. The van der Waals surface area contributed by atoms with Crippen molar-refractivity contribution in [3.8, 4) is 10.6 Å². The van der Waals surface area contributed by atoms with Gasteiger partial charge in [0.15, 0.2) is 0 Å². The summed E-state index contributed by atoms with van der Waals surface area (Å²) in [5.41, 5.74) is 0.723. The number of halogens is 2. The highest BCUT2D eigenvalue weighted by atomic mass is 79.9. The van der Waals surface area contributed by atoms with Crippen LogP contribution in [0.25, 0.3) is 10.6 Å². The van der Waals surface area contributed by atoms with Gasteiger partial charge in [-0.1, -0.05) is 23.5 Å². The molecular weight excluding hydrogens is 333 g/mol. The van der Waals surface area contributed by atoms with Gasteiger partial charge in [0.05, 0.1) is 11.1 Å². The van der Waals surface area contributed by atoms with Crippen LogP contribution in [0.2, 0.25) is 0 Å². The van der Waals surface area contributed by atoms with Crippen molar-refractivity contribution in [1.82, 2.24) is 15.5 Å². The molecule has 0 fully saturated rings. The zero-order chi connectivity index (χ0) is 13.7. The summed E-state index contributed by atoms with van der Waals surface area (Å²) < 4.78 is 18.8. The molecule has 0 radical (unpaired) electrons. The van der Waals surface area contributed by atoms with Gasteiger partial charge in [0.2, 0.25) is 0 Å². The van der Waals surface area contributed by atoms with Gasteiger partial charge >= 0.3 is 0 Å². The summed E-state index contributed by atoms with van der Waals surface area (Å²) in [5.74, 6) is -0.299. The molecule has 0 atom stereocenters. The van der Waals surface area contributed by atoms with E-state index < -0.39 is 0 Å². The largest absolute Gasteiger partial charge is 0.383 e. The Morgan fingerprint density at radius 3 is 3.05 bits per heavy atom. The lowest BCUT2D eigenvalue weighted by Crippen LogP contribution is -2.18. The van der Waals surface area contributed by atoms with Crippen molar-refractivity contribution in [2.24, 2.45) is 0 Å². The number of hydrogen-bond donors (Lipinski definition) is 1. The molecule has 0 spiro atoms. The summed E-state index contributed by atoms with van der Waals surface area (Å²) in [6, 6.07) is 4.88. The van der Waals surface area contributed by atoms with E-state index in [0.29, 0.717) is 22.6 Å². The van der Waals surface area contributed by atoms with Gasteiger partial charge in [-0.15, -0.1) is 10.2 Å². The van der Waals surface area contributed by atoms with Gasteiger partial charge in [0.25, 0.3) is 0 Å². The van der Waals surface area contributed by atoms with Gasteiger partial charge in [0, 0.05) is 25.8 Å². The maximum atomic E-state index is 13.4. The first-order valence-corrected chi connectivity index (χ1v) is 7.29. The number of methoxy groups -OCH3 is 1. The van der Waals surface area contributed by atoms with Gasteiger partial charge in [-0.05, 0) is 22.0 Å². The number of nitrogens with zero attached hydrogens (tertiary/aromatic N) is 2. The Morgan fingerprint density at radius 2 is 2.26 bits per heavy atom. The van der Waals surface area contributed by atoms with E-state index in [1.165, 1.54) is 17.4 Å². The monoisotopic (exact) mass is 345 g/mol. The number of aromatic nitrogens is 2. The first-order valence-electron chi connectivity index (χ1n) is 5.69. The Kier molecular flexibility index (Phi) is 5.38. The van der Waals surface area contributed by atoms with Crippen LogP contribution in [0.15, 0.2) is 22.7 Å². The topological polar surface area (TPSA) is 47.0 Å². The second-order valence-corrected chi connectivity index (χ2v) is 5.63. The van der Waals surface area contributed by atoms with E-state index >= 15 is 0 Å². The minimum atomic E-state index is -0.299. The van der Waals surface area contributed by atoms with E-state index in [0.717, 1.165) is 17.1 Å². The molecule has 102 valence electrons. The molecule has 0 saturated heterocycles. The van der Waals surface area contributed by atoms with Gasteiger partial charge in [-0.3, -0.25) is 0 Å². The average molecular weight is 346 g/mol. The number of nitrogens with one attached hydrogen (secondary N) is 1. The molecule has 1 aromatic heterocycles. The summed E-state index contributed by atoms with van der Waals surface area (Å²) in [4.78, 5) is 0.